The lowest BCUT2D eigenvalue weighted by Crippen LogP contribution is -2.55. The Hall–Kier alpha value is -2.99. The molecule has 4 rings (SSSR count). The lowest BCUT2D eigenvalue weighted by molar-refractivity contribution is -0.188. The fourth-order valence-corrected chi connectivity index (χ4v) is 4.46. The molecule has 0 spiro atoms. The molecule has 1 fully saturated rings. The van der Waals surface area contributed by atoms with Crippen molar-refractivity contribution in [2.24, 2.45) is 4.99 Å². The largest absolute Gasteiger partial charge is 0.454 e. The molecular weight excluding hydrogens is 526 g/mol. The molecule has 1 atom stereocenters. The summed E-state index contributed by atoms with van der Waals surface area (Å²) in [7, 11) is 1.67. The fraction of sp³-hybridized carbons (Fsp3) is 0.417. The SMILES string of the molecule is CN1CCN(C2=Nc3cc(Cl)ccc3Oc3ccccc32)CC1CC(=O)N(CC(F)(F)F)CC(F)(F)F. The quantitative estimate of drug-likeness (QED) is 0.475. The maximum absolute atomic E-state index is 12.9. The zero-order chi connectivity index (χ0) is 27.0. The first-order valence-corrected chi connectivity index (χ1v) is 11.7. The molecule has 6 nitrogen and oxygen atoms in total. The van der Waals surface area contributed by atoms with Gasteiger partial charge >= 0.3 is 12.4 Å². The molecule has 13 heteroatoms. The minimum absolute atomic E-state index is 0.150. The van der Waals surface area contributed by atoms with Gasteiger partial charge in [-0.25, -0.2) is 4.99 Å². The van der Waals surface area contributed by atoms with Crippen molar-refractivity contribution < 1.29 is 35.9 Å². The van der Waals surface area contributed by atoms with E-state index in [9.17, 15) is 31.1 Å². The van der Waals surface area contributed by atoms with Crippen molar-refractivity contribution in [3.63, 3.8) is 0 Å². The molecule has 0 aromatic heterocycles. The van der Waals surface area contributed by atoms with E-state index < -0.39 is 43.8 Å². The number of ether oxygens (including phenoxy) is 1. The maximum Gasteiger partial charge on any atom is 0.406 e. The average Bonchev–Trinajstić information content (AvgIpc) is 2.95. The lowest BCUT2D eigenvalue weighted by Gasteiger charge is -2.41. The van der Waals surface area contributed by atoms with Crippen LogP contribution in [-0.2, 0) is 4.79 Å². The highest BCUT2D eigenvalue weighted by Crippen LogP contribution is 2.39. The molecule has 0 radical (unpaired) electrons. The number of likely N-dealkylation sites (N-methyl/N-ethyl adjacent to an activating group) is 1. The molecule has 37 heavy (non-hydrogen) atoms. The topological polar surface area (TPSA) is 48.4 Å². The number of rotatable bonds is 4. The number of piperazine rings is 1. The van der Waals surface area contributed by atoms with Gasteiger partial charge in [0, 0.05) is 37.1 Å². The van der Waals surface area contributed by atoms with Crippen molar-refractivity contribution in [1.82, 2.24) is 14.7 Å². The number of amides is 1. The summed E-state index contributed by atoms with van der Waals surface area (Å²) in [6, 6.07) is 11.5. The molecule has 2 aromatic rings. The Bertz CT molecular complexity index is 1170. The van der Waals surface area contributed by atoms with Crippen LogP contribution in [0, 0.1) is 0 Å². The molecule has 2 heterocycles. The van der Waals surface area contributed by atoms with Gasteiger partial charge in [-0.05, 0) is 37.4 Å². The maximum atomic E-state index is 12.9. The number of amidine groups is 1. The van der Waals surface area contributed by atoms with Crippen LogP contribution >= 0.6 is 11.6 Å². The van der Waals surface area contributed by atoms with Crippen molar-refractivity contribution in [3.05, 3.63) is 53.1 Å². The van der Waals surface area contributed by atoms with E-state index in [1.165, 1.54) is 0 Å². The van der Waals surface area contributed by atoms with E-state index in [0.29, 0.717) is 46.7 Å². The zero-order valence-electron chi connectivity index (χ0n) is 19.6. The third kappa shape index (κ3) is 6.86. The molecule has 2 aliphatic heterocycles. The van der Waals surface area contributed by atoms with E-state index in [-0.39, 0.29) is 11.4 Å². The highest BCUT2D eigenvalue weighted by Gasteiger charge is 2.41. The van der Waals surface area contributed by atoms with Gasteiger partial charge in [0.15, 0.2) is 5.75 Å². The Kier molecular flexibility index (Phi) is 7.61. The van der Waals surface area contributed by atoms with Crippen LogP contribution in [0.15, 0.2) is 47.5 Å². The summed E-state index contributed by atoms with van der Waals surface area (Å²) in [5, 5.41) is 0.438. The van der Waals surface area contributed by atoms with Gasteiger partial charge in [-0.1, -0.05) is 23.7 Å². The zero-order valence-corrected chi connectivity index (χ0v) is 20.4. The number of halogens is 7. The number of aliphatic imine (C=N–C) groups is 1. The number of carbonyl (C=O) groups is 1. The predicted molar refractivity (Wildman–Crippen MR) is 125 cm³/mol. The Balaban J connectivity index is 1.60. The summed E-state index contributed by atoms with van der Waals surface area (Å²) >= 11 is 6.15. The molecule has 2 aliphatic rings. The van der Waals surface area contributed by atoms with E-state index in [4.69, 9.17) is 21.3 Å². The minimum atomic E-state index is -4.96. The van der Waals surface area contributed by atoms with Gasteiger partial charge in [0.05, 0.1) is 5.56 Å². The van der Waals surface area contributed by atoms with Gasteiger partial charge < -0.3 is 14.5 Å². The molecule has 0 saturated carbocycles. The van der Waals surface area contributed by atoms with Crippen LogP contribution in [-0.4, -0.2) is 84.6 Å². The van der Waals surface area contributed by atoms with Crippen LogP contribution in [0.25, 0.3) is 0 Å². The van der Waals surface area contributed by atoms with Gasteiger partial charge in [-0.2, -0.15) is 26.3 Å². The molecule has 0 N–H and O–H groups in total. The van der Waals surface area contributed by atoms with Crippen molar-refractivity contribution in [3.8, 4) is 11.5 Å². The van der Waals surface area contributed by atoms with Crippen molar-refractivity contribution in [2.75, 3.05) is 39.8 Å². The third-order valence-electron chi connectivity index (χ3n) is 6.08. The van der Waals surface area contributed by atoms with Crippen LogP contribution in [0.1, 0.15) is 12.0 Å². The first-order chi connectivity index (χ1) is 17.3. The summed E-state index contributed by atoms with van der Waals surface area (Å²) in [4.78, 5) is 20.8. The summed E-state index contributed by atoms with van der Waals surface area (Å²) in [6.45, 7) is -2.93. The molecule has 1 amide bonds. The van der Waals surface area contributed by atoms with Crippen LogP contribution in [0.5, 0.6) is 11.5 Å². The van der Waals surface area contributed by atoms with E-state index in [1.807, 2.05) is 4.90 Å². The van der Waals surface area contributed by atoms with E-state index in [2.05, 4.69) is 0 Å². The van der Waals surface area contributed by atoms with Crippen LogP contribution in [0.2, 0.25) is 5.02 Å². The second-order valence-corrected chi connectivity index (χ2v) is 9.35. The number of benzene rings is 2. The summed E-state index contributed by atoms with van der Waals surface area (Å²) in [6.07, 6.45) is -10.4. The fourth-order valence-electron chi connectivity index (χ4n) is 4.29. The number of fused-ring (bicyclic) bond motifs is 2. The van der Waals surface area contributed by atoms with Gasteiger partial charge in [-0.15, -0.1) is 0 Å². The van der Waals surface area contributed by atoms with Gasteiger partial charge in [0.25, 0.3) is 0 Å². The molecule has 1 unspecified atom stereocenters. The van der Waals surface area contributed by atoms with E-state index >= 15 is 0 Å². The van der Waals surface area contributed by atoms with Gasteiger partial charge in [0.2, 0.25) is 5.91 Å². The average molecular weight is 549 g/mol. The van der Waals surface area contributed by atoms with Gasteiger partial charge in [0.1, 0.15) is 30.4 Å². The number of nitrogens with zero attached hydrogens (tertiary/aromatic N) is 4. The molecule has 0 aliphatic carbocycles. The Morgan fingerprint density at radius 1 is 1.05 bits per heavy atom. The highest BCUT2D eigenvalue weighted by atomic mass is 35.5. The molecular formula is C24H23ClF6N4O2. The van der Waals surface area contributed by atoms with E-state index in [1.54, 1.807) is 54.4 Å². The normalized spacial score (nSPS) is 18.3. The smallest absolute Gasteiger partial charge is 0.406 e. The Morgan fingerprint density at radius 2 is 1.73 bits per heavy atom. The first-order valence-electron chi connectivity index (χ1n) is 11.3. The monoisotopic (exact) mass is 548 g/mol. The second kappa shape index (κ2) is 10.4. The first kappa shape index (κ1) is 27.1. The van der Waals surface area contributed by atoms with Crippen molar-refractivity contribution in [2.45, 2.75) is 24.8 Å². The molecule has 200 valence electrons. The van der Waals surface area contributed by atoms with E-state index in [0.717, 1.165) is 0 Å². The standard InChI is InChI=1S/C24H23ClF6N4O2/c1-33-8-9-34(12-16(33)11-21(36)35(13-23(26,27)28)14-24(29,30)31)22-17-4-2-3-5-19(17)37-20-7-6-15(25)10-18(20)32-22/h2-7,10,16H,8-9,11-14H2,1H3. The molecule has 1 saturated heterocycles. The summed E-state index contributed by atoms with van der Waals surface area (Å²) in [5.41, 5.74) is 1.12. The van der Waals surface area contributed by atoms with Crippen molar-refractivity contribution in [1.29, 1.82) is 0 Å². The lowest BCUT2D eigenvalue weighted by atomic mass is 10.1. The van der Waals surface area contributed by atoms with Gasteiger partial charge in [-0.3, -0.25) is 9.69 Å². The summed E-state index contributed by atoms with van der Waals surface area (Å²) < 4.78 is 83.5. The number of hydrogen-bond acceptors (Lipinski definition) is 5. The molecule has 2 aromatic carbocycles. The number of alkyl halides is 6. The van der Waals surface area contributed by atoms with Crippen LogP contribution < -0.4 is 4.74 Å². The van der Waals surface area contributed by atoms with Crippen LogP contribution in [0.4, 0.5) is 32.0 Å². The number of para-hydroxylation sites is 1. The molecule has 0 bridgehead atoms. The Morgan fingerprint density at radius 3 is 2.41 bits per heavy atom. The van der Waals surface area contributed by atoms with Crippen molar-refractivity contribution >= 4 is 29.0 Å². The predicted octanol–water partition coefficient (Wildman–Crippen LogP) is 5.48. The summed E-state index contributed by atoms with van der Waals surface area (Å²) in [5.74, 6) is 0.277. The second-order valence-electron chi connectivity index (χ2n) is 8.91. The minimum Gasteiger partial charge on any atom is -0.454 e. The van der Waals surface area contributed by atoms with Crippen LogP contribution in [0.3, 0.4) is 0 Å². The number of hydrogen-bond donors (Lipinski definition) is 0. The highest BCUT2D eigenvalue weighted by molar-refractivity contribution is 6.31. The third-order valence-corrected chi connectivity index (χ3v) is 6.31. The Labute approximate surface area is 214 Å². The number of carbonyl (C=O) groups excluding carboxylic acids is 1.